The van der Waals surface area contributed by atoms with Gasteiger partial charge in [0.2, 0.25) is 5.91 Å². The van der Waals surface area contributed by atoms with Crippen molar-refractivity contribution in [2.24, 2.45) is 0 Å². The maximum atomic E-state index is 11.5. The molecule has 0 bridgehead atoms. The first-order valence-corrected chi connectivity index (χ1v) is 6.79. The fourth-order valence-electron chi connectivity index (χ4n) is 1.13. The number of carbonyl (C=O) groups excluding carboxylic acids is 1. The molecule has 6 nitrogen and oxygen atoms in total. The Balaban J connectivity index is 2.50. The summed E-state index contributed by atoms with van der Waals surface area (Å²) in [7, 11) is -0.792. The van der Waals surface area contributed by atoms with Crippen LogP contribution in [0.1, 0.15) is 5.56 Å². The fraction of sp³-hybridized carbons (Fsp3) is 0.364. The zero-order valence-electron chi connectivity index (χ0n) is 10.6. The highest BCUT2D eigenvalue weighted by molar-refractivity contribution is 7.87. The van der Waals surface area contributed by atoms with Crippen LogP contribution in [0.5, 0.6) is 0 Å². The SMILES string of the molecule is Cc1ccc(NC(=O)CNS(=O)(=O)N(C)C)cc1. The van der Waals surface area contributed by atoms with Crippen molar-refractivity contribution in [1.82, 2.24) is 9.03 Å². The maximum Gasteiger partial charge on any atom is 0.279 e. The maximum absolute atomic E-state index is 11.5. The molecular weight excluding hydrogens is 254 g/mol. The summed E-state index contributed by atoms with van der Waals surface area (Å²) in [4.78, 5) is 11.5. The summed E-state index contributed by atoms with van der Waals surface area (Å²) in [5.74, 6) is -0.413. The number of carbonyl (C=O) groups is 1. The molecule has 7 heteroatoms. The predicted octanol–water partition coefficient (Wildman–Crippen LogP) is 0.330. The Morgan fingerprint density at radius 3 is 2.28 bits per heavy atom. The number of hydrogen-bond acceptors (Lipinski definition) is 3. The highest BCUT2D eigenvalue weighted by Gasteiger charge is 2.14. The molecule has 100 valence electrons. The zero-order chi connectivity index (χ0) is 13.8. The number of aryl methyl sites for hydroxylation is 1. The second-order valence-electron chi connectivity index (χ2n) is 4.02. The summed E-state index contributed by atoms with van der Waals surface area (Å²) < 4.78 is 25.9. The van der Waals surface area contributed by atoms with Crippen LogP contribution >= 0.6 is 0 Å². The normalized spacial score (nSPS) is 11.6. The molecule has 1 aromatic carbocycles. The summed E-state index contributed by atoms with van der Waals surface area (Å²) >= 11 is 0. The van der Waals surface area contributed by atoms with Crippen LogP contribution in [0.2, 0.25) is 0 Å². The van der Waals surface area contributed by atoms with Gasteiger partial charge in [-0.05, 0) is 19.1 Å². The molecule has 0 aromatic heterocycles. The Bertz CT molecular complexity index is 509. The largest absolute Gasteiger partial charge is 0.325 e. The number of benzene rings is 1. The third-order valence-corrected chi connectivity index (χ3v) is 3.70. The Morgan fingerprint density at radius 1 is 1.22 bits per heavy atom. The van der Waals surface area contributed by atoms with Crippen molar-refractivity contribution >= 4 is 21.8 Å². The van der Waals surface area contributed by atoms with E-state index in [0.717, 1.165) is 9.87 Å². The molecule has 0 saturated carbocycles. The van der Waals surface area contributed by atoms with Gasteiger partial charge in [0, 0.05) is 19.8 Å². The van der Waals surface area contributed by atoms with Gasteiger partial charge < -0.3 is 5.32 Å². The zero-order valence-corrected chi connectivity index (χ0v) is 11.4. The van der Waals surface area contributed by atoms with Gasteiger partial charge in [-0.15, -0.1) is 0 Å². The molecule has 0 aliphatic carbocycles. The molecule has 0 fully saturated rings. The van der Waals surface area contributed by atoms with Gasteiger partial charge >= 0.3 is 0 Å². The van der Waals surface area contributed by atoms with Gasteiger partial charge in [-0.1, -0.05) is 17.7 Å². The van der Waals surface area contributed by atoms with Crippen molar-refractivity contribution in [3.63, 3.8) is 0 Å². The van der Waals surface area contributed by atoms with E-state index in [4.69, 9.17) is 0 Å². The molecule has 0 heterocycles. The van der Waals surface area contributed by atoms with Gasteiger partial charge in [0.25, 0.3) is 10.2 Å². The molecule has 0 spiro atoms. The summed E-state index contributed by atoms with van der Waals surface area (Å²) in [5.41, 5.74) is 1.72. The van der Waals surface area contributed by atoms with Gasteiger partial charge in [-0.2, -0.15) is 17.4 Å². The summed E-state index contributed by atoms with van der Waals surface area (Å²) in [6.45, 7) is 1.64. The minimum atomic E-state index is -3.57. The molecule has 1 rings (SSSR count). The van der Waals surface area contributed by atoms with Gasteiger partial charge in [0.05, 0.1) is 6.54 Å². The topological polar surface area (TPSA) is 78.5 Å². The van der Waals surface area contributed by atoms with Gasteiger partial charge in [-0.3, -0.25) is 4.79 Å². The van der Waals surface area contributed by atoms with E-state index in [9.17, 15) is 13.2 Å². The quantitative estimate of drug-likeness (QED) is 0.810. The van der Waals surface area contributed by atoms with Crippen molar-refractivity contribution < 1.29 is 13.2 Å². The molecule has 1 amide bonds. The molecule has 0 radical (unpaired) electrons. The number of nitrogens with one attached hydrogen (secondary N) is 2. The van der Waals surface area contributed by atoms with E-state index >= 15 is 0 Å². The van der Waals surface area contributed by atoms with Crippen molar-refractivity contribution in [2.75, 3.05) is 26.0 Å². The van der Waals surface area contributed by atoms with Crippen LogP contribution in [0.25, 0.3) is 0 Å². The second-order valence-corrected chi connectivity index (χ2v) is 5.99. The number of rotatable bonds is 5. The lowest BCUT2D eigenvalue weighted by Gasteiger charge is -2.12. The monoisotopic (exact) mass is 271 g/mol. The Labute approximate surface area is 107 Å². The minimum absolute atomic E-state index is 0.297. The summed E-state index contributed by atoms with van der Waals surface area (Å²) in [5, 5.41) is 2.60. The number of nitrogens with zero attached hydrogens (tertiary/aromatic N) is 1. The van der Waals surface area contributed by atoms with Gasteiger partial charge in [0.1, 0.15) is 0 Å². The van der Waals surface area contributed by atoms with Crippen molar-refractivity contribution in [1.29, 1.82) is 0 Å². The standard InChI is InChI=1S/C11H17N3O3S/c1-9-4-6-10(7-5-9)13-11(15)8-12-18(16,17)14(2)3/h4-7,12H,8H2,1-3H3,(H,13,15). The van der Waals surface area contributed by atoms with E-state index in [1.54, 1.807) is 12.1 Å². The lowest BCUT2D eigenvalue weighted by atomic mass is 10.2. The second kappa shape index (κ2) is 5.94. The van der Waals surface area contributed by atoms with Crippen LogP contribution in [0.3, 0.4) is 0 Å². The Kier molecular flexibility index (Phi) is 4.83. The lowest BCUT2D eigenvalue weighted by Crippen LogP contribution is -2.40. The summed E-state index contributed by atoms with van der Waals surface area (Å²) in [6.07, 6.45) is 0. The van der Waals surface area contributed by atoms with Crippen LogP contribution < -0.4 is 10.0 Å². The molecular formula is C11H17N3O3S. The fourth-order valence-corrected chi connectivity index (χ4v) is 1.70. The van der Waals surface area contributed by atoms with Crippen LogP contribution in [0.4, 0.5) is 5.69 Å². The molecule has 18 heavy (non-hydrogen) atoms. The average molecular weight is 271 g/mol. The Hall–Kier alpha value is -1.44. The number of hydrogen-bond donors (Lipinski definition) is 2. The van der Waals surface area contributed by atoms with Crippen LogP contribution in [-0.4, -0.2) is 39.3 Å². The molecule has 1 aromatic rings. The molecule has 2 N–H and O–H groups in total. The van der Waals surface area contributed by atoms with E-state index < -0.39 is 16.1 Å². The van der Waals surface area contributed by atoms with E-state index in [2.05, 4.69) is 10.0 Å². The van der Waals surface area contributed by atoms with Crippen LogP contribution in [-0.2, 0) is 15.0 Å². The molecule has 0 saturated heterocycles. The van der Waals surface area contributed by atoms with Crippen LogP contribution in [0.15, 0.2) is 24.3 Å². The predicted molar refractivity (Wildman–Crippen MR) is 70.4 cm³/mol. The average Bonchev–Trinajstić information content (AvgIpc) is 2.29. The van der Waals surface area contributed by atoms with Crippen molar-refractivity contribution in [3.8, 4) is 0 Å². The van der Waals surface area contributed by atoms with E-state index in [1.165, 1.54) is 14.1 Å². The number of anilines is 1. The third-order valence-electron chi connectivity index (χ3n) is 2.23. The first kappa shape index (κ1) is 14.6. The smallest absolute Gasteiger partial charge is 0.279 e. The van der Waals surface area contributed by atoms with Gasteiger partial charge in [0.15, 0.2) is 0 Å². The van der Waals surface area contributed by atoms with E-state index in [0.29, 0.717) is 5.69 Å². The first-order chi connectivity index (χ1) is 8.31. The van der Waals surface area contributed by atoms with Crippen LogP contribution in [0, 0.1) is 6.92 Å². The molecule has 0 atom stereocenters. The molecule has 0 aliphatic heterocycles. The molecule has 0 unspecified atom stereocenters. The minimum Gasteiger partial charge on any atom is -0.325 e. The highest BCUT2D eigenvalue weighted by Crippen LogP contribution is 2.07. The van der Waals surface area contributed by atoms with E-state index in [1.807, 2.05) is 19.1 Å². The number of amides is 1. The summed E-state index contributed by atoms with van der Waals surface area (Å²) in [6, 6.07) is 7.24. The van der Waals surface area contributed by atoms with Crippen molar-refractivity contribution in [3.05, 3.63) is 29.8 Å². The third kappa shape index (κ3) is 4.44. The highest BCUT2D eigenvalue weighted by atomic mass is 32.2. The van der Waals surface area contributed by atoms with E-state index in [-0.39, 0.29) is 6.54 Å². The Morgan fingerprint density at radius 2 is 1.78 bits per heavy atom. The lowest BCUT2D eigenvalue weighted by molar-refractivity contribution is -0.115. The van der Waals surface area contributed by atoms with Gasteiger partial charge in [-0.25, -0.2) is 0 Å². The van der Waals surface area contributed by atoms with Crippen molar-refractivity contribution in [2.45, 2.75) is 6.92 Å². The molecule has 0 aliphatic rings. The first-order valence-electron chi connectivity index (χ1n) is 5.35.